The molecular formula is C19H19N3O4S. The zero-order valence-electron chi connectivity index (χ0n) is 14.5. The number of aromatic nitrogens is 1. The molecule has 0 spiro atoms. The topological polar surface area (TPSA) is 88.6 Å². The fourth-order valence-corrected chi connectivity index (χ4v) is 3.76. The van der Waals surface area contributed by atoms with Gasteiger partial charge >= 0.3 is 5.97 Å². The van der Waals surface area contributed by atoms with Gasteiger partial charge in [0.25, 0.3) is 0 Å². The number of hydrogen-bond donors (Lipinski definition) is 1. The molecule has 1 unspecified atom stereocenters. The average molecular weight is 385 g/mol. The maximum absolute atomic E-state index is 12.2. The maximum Gasteiger partial charge on any atom is 0.325 e. The minimum absolute atomic E-state index is 0.114. The maximum atomic E-state index is 12.2. The molecule has 1 aliphatic heterocycles. The van der Waals surface area contributed by atoms with Crippen LogP contribution in [-0.4, -0.2) is 46.5 Å². The Morgan fingerprint density at radius 3 is 2.78 bits per heavy atom. The Morgan fingerprint density at radius 2 is 2.04 bits per heavy atom. The first-order valence-electron chi connectivity index (χ1n) is 8.41. The second kappa shape index (κ2) is 9.18. The number of benzene rings is 1. The van der Waals surface area contributed by atoms with Crippen molar-refractivity contribution >= 4 is 29.5 Å². The predicted molar refractivity (Wildman–Crippen MR) is 100 cm³/mol. The van der Waals surface area contributed by atoms with Gasteiger partial charge in [-0.15, -0.1) is 11.8 Å². The van der Waals surface area contributed by atoms with Gasteiger partial charge in [-0.1, -0.05) is 36.4 Å². The van der Waals surface area contributed by atoms with Gasteiger partial charge in [0, 0.05) is 18.0 Å². The van der Waals surface area contributed by atoms with E-state index in [-0.39, 0.29) is 31.0 Å². The summed E-state index contributed by atoms with van der Waals surface area (Å²) in [6.07, 6.45) is 3.34. The standard InChI is InChI=1S/C19H19N3O4S/c23-16(21-10-18(25)26-12-14-5-2-1-3-6-14)11-22-17(24)13-27-19(22)15-7-4-8-20-9-15/h1-9,19H,10-13H2,(H,21,23). The number of ether oxygens (including phenoxy) is 1. The molecule has 0 aliphatic carbocycles. The molecule has 1 saturated heterocycles. The zero-order chi connectivity index (χ0) is 19.1. The number of carbonyl (C=O) groups is 3. The summed E-state index contributed by atoms with van der Waals surface area (Å²) in [5.41, 5.74) is 1.74. The molecule has 0 saturated carbocycles. The third-order valence-electron chi connectivity index (χ3n) is 3.92. The summed E-state index contributed by atoms with van der Waals surface area (Å²) in [6, 6.07) is 12.9. The number of hydrogen-bond acceptors (Lipinski definition) is 6. The summed E-state index contributed by atoms with van der Waals surface area (Å²) >= 11 is 1.45. The van der Waals surface area contributed by atoms with Crippen molar-refractivity contribution in [2.45, 2.75) is 12.0 Å². The van der Waals surface area contributed by atoms with Crippen LogP contribution in [0.1, 0.15) is 16.5 Å². The lowest BCUT2D eigenvalue weighted by molar-refractivity contribution is -0.145. The molecule has 1 atom stereocenters. The molecule has 2 aromatic rings. The van der Waals surface area contributed by atoms with Crippen LogP contribution in [0.15, 0.2) is 54.9 Å². The van der Waals surface area contributed by atoms with Crippen molar-refractivity contribution in [3.8, 4) is 0 Å². The largest absolute Gasteiger partial charge is 0.460 e. The highest BCUT2D eigenvalue weighted by molar-refractivity contribution is 8.00. The Kier molecular flexibility index (Phi) is 6.43. The van der Waals surface area contributed by atoms with E-state index in [2.05, 4.69) is 10.3 Å². The second-order valence-electron chi connectivity index (χ2n) is 5.89. The lowest BCUT2D eigenvalue weighted by Crippen LogP contribution is -2.41. The molecule has 1 aromatic heterocycles. The molecule has 1 aromatic carbocycles. The molecular weight excluding hydrogens is 366 g/mol. The van der Waals surface area contributed by atoms with E-state index in [4.69, 9.17) is 4.74 Å². The first kappa shape index (κ1) is 18.9. The summed E-state index contributed by atoms with van der Waals surface area (Å²) < 4.78 is 5.11. The molecule has 1 N–H and O–H groups in total. The highest BCUT2D eigenvalue weighted by Gasteiger charge is 2.34. The van der Waals surface area contributed by atoms with Crippen molar-refractivity contribution in [1.82, 2.24) is 15.2 Å². The zero-order valence-corrected chi connectivity index (χ0v) is 15.4. The van der Waals surface area contributed by atoms with Crippen LogP contribution in [0.3, 0.4) is 0 Å². The second-order valence-corrected chi connectivity index (χ2v) is 6.96. The van der Waals surface area contributed by atoms with Crippen LogP contribution < -0.4 is 5.32 Å². The Hall–Kier alpha value is -2.87. The smallest absolute Gasteiger partial charge is 0.325 e. The number of thioether (sulfide) groups is 1. The van der Waals surface area contributed by atoms with Gasteiger partial charge in [-0.05, 0) is 11.6 Å². The van der Waals surface area contributed by atoms with Crippen molar-refractivity contribution in [1.29, 1.82) is 0 Å². The lowest BCUT2D eigenvalue weighted by atomic mass is 10.2. The van der Waals surface area contributed by atoms with Crippen LogP contribution in [0, 0.1) is 0 Å². The van der Waals surface area contributed by atoms with Crippen LogP contribution in [0.5, 0.6) is 0 Å². The molecule has 2 amide bonds. The first-order valence-corrected chi connectivity index (χ1v) is 9.45. The van der Waals surface area contributed by atoms with Gasteiger partial charge in [0.05, 0.1) is 5.75 Å². The van der Waals surface area contributed by atoms with Gasteiger partial charge in [0.15, 0.2) is 0 Å². The molecule has 27 heavy (non-hydrogen) atoms. The Morgan fingerprint density at radius 1 is 1.22 bits per heavy atom. The fourth-order valence-electron chi connectivity index (χ4n) is 2.59. The Labute approximate surface area is 161 Å². The van der Waals surface area contributed by atoms with Gasteiger partial charge in [-0.3, -0.25) is 19.4 Å². The van der Waals surface area contributed by atoms with E-state index in [0.717, 1.165) is 11.1 Å². The van der Waals surface area contributed by atoms with E-state index >= 15 is 0 Å². The number of carbonyl (C=O) groups excluding carboxylic acids is 3. The number of nitrogens with one attached hydrogen (secondary N) is 1. The Bertz CT molecular complexity index is 801. The predicted octanol–water partition coefficient (Wildman–Crippen LogP) is 1.52. The van der Waals surface area contributed by atoms with Crippen molar-refractivity contribution in [3.05, 3.63) is 66.0 Å². The molecule has 1 fully saturated rings. The van der Waals surface area contributed by atoms with Crippen LogP contribution in [0.4, 0.5) is 0 Å². The molecule has 3 rings (SSSR count). The molecule has 0 bridgehead atoms. The molecule has 1 aliphatic rings. The SMILES string of the molecule is O=C(CN1C(=O)CSC1c1cccnc1)NCC(=O)OCc1ccccc1. The van der Waals surface area contributed by atoms with Gasteiger partial charge in [0.2, 0.25) is 11.8 Å². The number of nitrogens with zero attached hydrogens (tertiary/aromatic N) is 2. The van der Waals surface area contributed by atoms with E-state index < -0.39 is 11.9 Å². The third-order valence-corrected chi connectivity index (χ3v) is 5.18. The number of rotatable bonds is 7. The first-order chi connectivity index (χ1) is 13.1. The van der Waals surface area contributed by atoms with Crippen molar-refractivity contribution in [2.24, 2.45) is 0 Å². The van der Waals surface area contributed by atoms with Crippen LogP contribution in [0.25, 0.3) is 0 Å². The van der Waals surface area contributed by atoms with E-state index in [1.165, 1.54) is 16.7 Å². The van der Waals surface area contributed by atoms with Crippen molar-refractivity contribution in [2.75, 3.05) is 18.8 Å². The molecule has 2 heterocycles. The lowest BCUT2D eigenvalue weighted by Gasteiger charge is -2.23. The monoisotopic (exact) mass is 385 g/mol. The Balaban J connectivity index is 1.46. The quantitative estimate of drug-likeness (QED) is 0.727. The van der Waals surface area contributed by atoms with E-state index in [1.54, 1.807) is 18.5 Å². The van der Waals surface area contributed by atoms with Crippen LogP contribution in [0.2, 0.25) is 0 Å². The van der Waals surface area contributed by atoms with Crippen LogP contribution in [-0.2, 0) is 25.7 Å². The minimum Gasteiger partial charge on any atom is -0.460 e. The fraction of sp³-hybridized carbons (Fsp3) is 0.263. The van der Waals surface area contributed by atoms with E-state index in [9.17, 15) is 14.4 Å². The highest BCUT2D eigenvalue weighted by atomic mass is 32.2. The molecule has 7 nitrogen and oxygen atoms in total. The number of pyridine rings is 1. The summed E-state index contributed by atoms with van der Waals surface area (Å²) in [4.78, 5) is 41.6. The number of amides is 2. The number of esters is 1. The third kappa shape index (κ3) is 5.30. The normalized spacial score (nSPS) is 16.2. The minimum atomic E-state index is -0.530. The average Bonchev–Trinajstić information content (AvgIpc) is 3.06. The van der Waals surface area contributed by atoms with Crippen molar-refractivity contribution in [3.63, 3.8) is 0 Å². The molecule has 0 radical (unpaired) electrons. The van der Waals surface area contributed by atoms with Gasteiger partial charge in [-0.2, -0.15) is 0 Å². The summed E-state index contributed by atoms with van der Waals surface area (Å²) in [5, 5.41) is 2.26. The van der Waals surface area contributed by atoms with E-state index in [1.807, 2.05) is 36.4 Å². The van der Waals surface area contributed by atoms with Gasteiger partial charge < -0.3 is 15.0 Å². The highest BCUT2D eigenvalue weighted by Crippen LogP contribution is 2.37. The summed E-state index contributed by atoms with van der Waals surface area (Å²) in [5.74, 6) is -0.739. The van der Waals surface area contributed by atoms with Gasteiger partial charge in [0.1, 0.15) is 25.1 Å². The summed E-state index contributed by atoms with van der Waals surface area (Å²) in [7, 11) is 0. The summed E-state index contributed by atoms with van der Waals surface area (Å²) in [6.45, 7) is -0.199. The molecule has 140 valence electrons. The van der Waals surface area contributed by atoms with Crippen molar-refractivity contribution < 1.29 is 19.1 Å². The van der Waals surface area contributed by atoms with Gasteiger partial charge in [-0.25, -0.2) is 0 Å². The van der Waals surface area contributed by atoms with E-state index in [0.29, 0.717) is 5.75 Å². The van der Waals surface area contributed by atoms with Crippen LogP contribution >= 0.6 is 11.8 Å². The molecule has 8 heteroatoms.